The Morgan fingerprint density at radius 3 is 2.57 bits per heavy atom. The van der Waals surface area contributed by atoms with E-state index >= 15 is 0 Å². The van der Waals surface area contributed by atoms with E-state index in [1.807, 2.05) is 49.6 Å². The SMILES string of the molecule is Cc1cc(C#N)cc(C)c1Oc1nc(NC2CN(Cc3ccc(C(N)=O)cc3)C2)nc2ccsc12. The molecule has 1 amide bonds. The highest BCUT2D eigenvalue weighted by molar-refractivity contribution is 7.17. The summed E-state index contributed by atoms with van der Waals surface area (Å²) in [5, 5.41) is 14.6. The zero-order valence-electron chi connectivity index (χ0n) is 19.4. The van der Waals surface area contributed by atoms with E-state index in [1.165, 1.54) is 11.3 Å². The molecule has 0 atom stereocenters. The molecule has 176 valence electrons. The Balaban J connectivity index is 1.28. The molecule has 0 spiro atoms. The second-order valence-electron chi connectivity index (χ2n) is 8.74. The van der Waals surface area contributed by atoms with Crippen LogP contribution in [0.1, 0.15) is 32.6 Å². The van der Waals surface area contributed by atoms with Crippen LogP contribution < -0.4 is 15.8 Å². The molecular weight excluding hydrogens is 460 g/mol. The van der Waals surface area contributed by atoms with Gasteiger partial charge in [0.1, 0.15) is 10.4 Å². The zero-order valence-corrected chi connectivity index (χ0v) is 20.2. The first-order valence-corrected chi connectivity index (χ1v) is 12.1. The van der Waals surface area contributed by atoms with E-state index < -0.39 is 5.91 Å². The quantitative estimate of drug-likeness (QED) is 0.400. The van der Waals surface area contributed by atoms with E-state index in [9.17, 15) is 10.1 Å². The number of nitrogens with zero attached hydrogens (tertiary/aromatic N) is 4. The first-order valence-electron chi connectivity index (χ1n) is 11.2. The van der Waals surface area contributed by atoms with Crippen molar-refractivity contribution in [1.29, 1.82) is 5.26 Å². The molecule has 0 bridgehead atoms. The van der Waals surface area contributed by atoms with Gasteiger partial charge in [-0.25, -0.2) is 4.98 Å². The third kappa shape index (κ3) is 4.80. The largest absolute Gasteiger partial charge is 0.437 e. The van der Waals surface area contributed by atoms with Gasteiger partial charge in [0.2, 0.25) is 17.7 Å². The highest BCUT2D eigenvalue weighted by Crippen LogP contribution is 2.35. The fourth-order valence-electron chi connectivity index (χ4n) is 4.25. The van der Waals surface area contributed by atoms with Crippen molar-refractivity contribution in [2.75, 3.05) is 18.4 Å². The monoisotopic (exact) mass is 484 g/mol. The van der Waals surface area contributed by atoms with Gasteiger partial charge in [-0.2, -0.15) is 10.2 Å². The number of nitriles is 1. The minimum Gasteiger partial charge on any atom is -0.437 e. The van der Waals surface area contributed by atoms with Crippen LogP contribution in [-0.4, -0.2) is 39.9 Å². The van der Waals surface area contributed by atoms with Gasteiger partial charge < -0.3 is 15.8 Å². The lowest BCUT2D eigenvalue weighted by molar-refractivity contribution is 0.1000. The van der Waals surface area contributed by atoms with E-state index in [1.54, 1.807) is 12.1 Å². The number of benzene rings is 2. The summed E-state index contributed by atoms with van der Waals surface area (Å²) in [7, 11) is 0. The maximum absolute atomic E-state index is 11.2. The Bertz CT molecular complexity index is 1430. The van der Waals surface area contributed by atoms with Gasteiger partial charge in [0.15, 0.2) is 0 Å². The molecule has 1 saturated heterocycles. The van der Waals surface area contributed by atoms with Gasteiger partial charge in [-0.3, -0.25) is 9.69 Å². The van der Waals surface area contributed by atoms with Crippen LogP contribution in [-0.2, 0) is 6.54 Å². The van der Waals surface area contributed by atoms with Gasteiger partial charge in [0.05, 0.1) is 23.2 Å². The van der Waals surface area contributed by atoms with Crippen LogP contribution in [0.5, 0.6) is 11.6 Å². The van der Waals surface area contributed by atoms with E-state index in [2.05, 4.69) is 26.3 Å². The number of amides is 1. The highest BCUT2D eigenvalue weighted by Gasteiger charge is 2.27. The molecule has 0 aliphatic carbocycles. The second kappa shape index (κ2) is 9.33. The summed E-state index contributed by atoms with van der Waals surface area (Å²) < 4.78 is 7.16. The molecule has 1 aliphatic rings. The fourth-order valence-corrected chi connectivity index (χ4v) is 5.00. The topological polar surface area (TPSA) is 117 Å². The Morgan fingerprint density at radius 1 is 1.20 bits per heavy atom. The molecular formula is C26H24N6O2S. The molecule has 3 N–H and O–H groups in total. The van der Waals surface area contributed by atoms with Crippen molar-refractivity contribution < 1.29 is 9.53 Å². The average molecular weight is 485 g/mol. The molecule has 3 heterocycles. The summed E-state index contributed by atoms with van der Waals surface area (Å²) >= 11 is 1.54. The average Bonchev–Trinajstić information content (AvgIpc) is 3.29. The molecule has 8 nitrogen and oxygen atoms in total. The molecule has 35 heavy (non-hydrogen) atoms. The fraction of sp³-hybridized carbons (Fsp3) is 0.231. The number of primary amides is 1. The number of fused-ring (bicyclic) bond motifs is 1. The van der Waals surface area contributed by atoms with Crippen LogP contribution in [0.4, 0.5) is 5.95 Å². The Hall–Kier alpha value is -4.00. The van der Waals surface area contributed by atoms with Crippen LogP contribution in [0.25, 0.3) is 10.2 Å². The Kier molecular flexibility index (Phi) is 6.07. The van der Waals surface area contributed by atoms with Crippen molar-refractivity contribution in [3.63, 3.8) is 0 Å². The summed E-state index contributed by atoms with van der Waals surface area (Å²) in [5.41, 5.74) is 10.2. The molecule has 0 saturated carbocycles. The van der Waals surface area contributed by atoms with Crippen molar-refractivity contribution in [3.05, 3.63) is 75.7 Å². The summed E-state index contributed by atoms with van der Waals surface area (Å²) in [6.45, 7) is 6.37. The molecule has 2 aromatic heterocycles. The van der Waals surface area contributed by atoms with Crippen LogP contribution in [0.15, 0.2) is 47.8 Å². The van der Waals surface area contributed by atoms with Crippen molar-refractivity contribution in [3.8, 4) is 17.7 Å². The van der Waals surface area contributed by atoms with E-state index in [4.69, 9.17) is 10.5 Å². The zero-order chi connectivity index (χ0) is 24.5. The van der Waals surface area contributed by atoms with Gasteiger partial charge in [0, 0.05) is 25.2 Å². The number of ether oxygens (including phenoxy) is 1. The number of likely N-dealkylation sites (tertiary alicyclic amines) is 1. The predicted octanol–water partition coefficient (Wildman–Crippen LogP) is 4.37. The number of nitrogens with two attached hydrogens (primary N) is 1. The van der Waals surface area contributed by atoms with Crippen LogP contribution in [0.2, 0.25) is 0 Å². The Morgan fingerprint density at radius 2 is 1.91 bits per heavy atom. The molecule has 0 unspecified atom stereocenters. The number of thiophene rings is 1. The minimum absolute atomic E-state index is 0.224. The second-order valence-corrected chi connectivity index (χ2v) is 9.65. The third-order valence-electron chi connectivity index (χ3n) is 6.00. The number of aryl methyl sites for hydroxylation is 2. The highest BCUT2D eigenvalue weighted by atomic mass is 32.1. The summed E-state index contributed by atoms with van der Waals surface area (Å²) in [6.07, 6.45) is 0. The van der Waals surface area contributed by atoms with Crippen LogP contribution >= 0.6 is 11.3 Å². The molecule has 1 aliphatic heterocycles. The lowest BCUT2D eigenvalue weighted by Crippen LogP contribution is -2.54. The first-order chi connectivity index (χ1) is 16.9. The minimum atomic E-state index is -0.416. The van der Waals surface area contributed by atoms with Crippen molar-refractivity contribution in [2.24, 2.45) is 5.73 Å². The molecule has 4 aromatic rings. The third-order valence-corrected chi connectivity index (χ3v) is 6.89. The summed E-state index contributed by atoms with van der Waals surface area (Å²) in [6, 6.07) is 15.4. The molecule has 1 fully saturated rings. The first kappa shape index (κ1) is 22.8. The standard InChI is InChI=1S/C26H24N6O2S/c1-15-9-18(11-27)10-16(2)22(15)34-25-23-21(7-8-35-23)30-26(31-25)29-20-13-32(14-20)12-17-3-5-19(6-4-17)24(28)33/h3-10,20H,12-14H2,1-2H3,(H2,28,33)(H,29,30,31). The number of hydrogen-bond donors (Lipinski definition) is 2. The van der Waals surface area contributed by atoms with Gasteiger partial charge in [-0.15, -0.1) is 11.3 Å². The Labute approximate surface area is 207 Å². The maximum atomic E-state index is 11.2. The number of anilines is 1. The lowest BCUT2D eigenvalue weighted by Gasteiger charge is -2.39. The van der Waals surface area contributed by atoms with Crippen LogP contribution in [0.3, 0.4) is 0 Å². The van der Waals surface area contributed by atoms with Crippen molar-refractivity contribution >= 4 is 33.4 Å². The molecule has 2 aromatic carbocycles. The van der Waals surface area contributed by atoms with Gasteiger partial charge in [0.25, 0.3) is 0 Å². The van der Waals surface area contributed by atoms with E-state index in [0.29, 0.717) is 28.7 Å². The molecule has 9 heteroatoms. The van der Waals surface area contributed by atoms with Crippen molar-refractivity contribution in [2.45, 2.75) is 26.4 Å². The molecule has 5 rings (SSSR count). The van der Waals surface area contributed by atoms with Crippen LogP contribution in [0, 0.1) is 25.2 Å². The van der Waals surface area contributed by atoms with Gasteiger partial charge in [-0.05, 0) is 66.2 Å². The van der Waals surface area contributed by atoms with Crippen molar-refractivity contribution in [1.82, 2.24) is 14.9 Å². The predicted molar refractivity (Wildman–Crippen MR) is 136 cm³/mol. The van der Waals surface area contributed by atoms with E-state index in [0.717, 1.165) is 46.5 Å². The summed E-state index contributed by atoms with van der Waals surface area (Å²) in [5.74, 6) is 1.33. The smallest absolute Gasteiger partial charge is 0.248 e. The van der Waals surface area contributed by atoms with Gasteiger partial charge in [-0.1, -0.05) is 12.1 Å². The number of nitrogens with one attached hydrogen (secondary N) is 1. The number of carbonyl (C=O) groups is 1. The van der Waals surface area contributed by atoms with Gasteiger partial charge >= 0.3 is 0 Å². The van der Waals surface area contributed by atoms with E-state index in [-0.39, 0.29) is 6.04 Å². The molecule has 0 radical (unpaired) electrons. The number of hydrogen-bond acceptors (Lipinski definition) is 8. The number of rotatable bonds is 7. The normalized spacial score (nSPS) is 13.9. The maximum Gasteiger partial charge on any atom is 0.248 e. The number of aromatic nitrogens is 2. The lowest BCUT2D eigenvalue weighted by atomic mass is 10.1. The summed E-state index contributed by atoms with van der Waals surface area (Å²) in [4.78, 5) is 22.9. The number of carbonyl (C=O) groups excluding carboxylic acids is 1.